The van der Waals surface area contributed by atoms with Crippen molar-refractivity contribution >= 4 is 33.4 Å². The fourth-order valence-electron chi connectivity index (χ4n) is 4.07. The smallest absolute Gasteiger partial charge is 0.0654 e. The molecule has 0 unspecified atom stereocenters. The molecule has 1 nitrogen and oxygen atoms in total. The van der Waals surface area contributed by atoms with E-state index >= 15 is 0 Å². The number of aromatic amines is 1. The third-order valence-electron chi connectivity index (χ3n) is 5.57. The third kappa shape index (κ3) is 2.71. The van der Waals surface area contributed by atoms with E-state index in [1.807, 2.05) is 0 Å². The van der Waals surface area contributed by atoms with Crippen LogP contribution in [0.4, 0.5) is 0 Å². The average Bonchev–Trinajstić information content (AvgIpc) is 3.07. The normalized spacial score (nSPS) is 11.4. The number of hydrogen-bond acceptors (Lipinski definition) is 0. The lowest BCUT2D eigenvalue weighted by molar-refractivity contribution is 1.46. The van der Waals surface area contributed by atoms with Crippen LogP contribution >= 0.6 is 11.6 Å². The molecule has 136 valence electrons. The molecule has 0 spiro atoms. The molecule has 0 fully saturated rings. The molecule has 0 saturated heterocycles. The molecule has 0 aliphatic heterocycles. The Labute approximate surface area is 169 Å². The summed E-state index contributed by atoms with van der Waals surface area (Å²) in [6.45, 7) is 4.29. The lowest BCUT2D eigenvalue weighted by Crippen LogP contribution is -1.84. The van der Waals surface area contributed by atoms with Crippen molar-refractivity contribution in [1.29, 1.82) is 0 Å². The second-order valence-corrected chi connectivity index (χ2v) is 7.80. The van der Waals surface area contributed by atoms with E-state index < -0.39 is 0 Å². The first kappa shape index (κ1) is 17.1. The number of hydrogen-bond donors (Lipinski definition) is 1. The monoisotopic (exact) mass is 381 g/mol. The molecule has 1 aromatic heterocycles. The molecule has 5 rings (SSSR count). The number of aromatic nitrogens is 1. The molecule has 1 N–H and O–H groups in total. The molecular weight excluding hydrogens is 362 g/mol. The van der Waals surface area contributed by atoms with E-state index in [4.69, 9.17) is 11.6 Å². The highest BCUT2D eigenvalue weighted by molar-refractivity contribution is 6.36. The first-order valence-electron chi connectivity index (χ1n) is 9.49. The van der Waals surface area contributed by atoms with E-state index in [0.29, 0.717) is 0 Å². The van der Waals surface area contributed by atoms with Gasteiger partial charge in [-0.2, -0.15) is 0 Å². The van der Waals surface area contributed by atoms with E-state index in [1.54, 1.807) is 0 Å². The Balaban J connectivity index is 1.78. The van der Waals surface area contributed by atoms with Crippen LogP contribution in [0.15, 0.2) is 78.9 Å². The molecule has 4 aromatic carbocycles. The fraction of sp³-hybridized carbons (Fsp3) is 0.0769. The van der Waals surface area contributed by atoms with Crippen molar-refractivity contribution in [1.82, 2.24) is 4.98 Å². The van der Waals surface area contributed by atoms with Gasteiger partial charge in [0.05, 0.1) is 10.5 Å². The summed E-state index contributed by atoms with van der Waals surface area (Å²) in [5.41, 5.74) is 9.49. The Morgan fingerprint density at radius 1 is 0.643 bits per heavy atom. The van der Waals surface area contributed by atoms with E-state index in [1.165, 1.54) is 33.2 Å². The Kier molecular flexibility index (Phi) is 3.99. The zero-order valence-corrected chi connectivity index (χ0v) is 16.6. The summed E-state index contributed by atoms with van der Waals surface area (Å²) in [6.07, 6.45) is 0. The molecule has 0 aliphatic rings. The van der Waals surface area contributed by atoms with Gasteiger partial charge in [0.1, 0.15) is 0 Å². The quantitative estimate of drug-likeness (QED) is 0.319. The van der Waals surface area contributed by atoms with Crippen LogP contribution in [0.25, 0.3) is 44.1 Å². The minimum Gasteiger partial charge on any atom is -0.353 e. The maximum atomic E-state index is 6.69. The summed E-state index contributed by atoms with van der Waals surface area (Å²) in [5.74, 6) is 0. The van der Waals surface area contributed by atoms with Gasteiger partial charge in [-0.15, -0.1) is 0 Å². The molecule has 0 amide bonds. The van der Waals surface area contributed by atoms with Gasteiger partial charge in [0.2, 0.25) is 0 Å². The molecule has 0 saturated carbocycles. The van der Waals surface area contributed by atoms with E-state index in [9.17, 15) is 0 Å². The topological polar surface area (TPSA) is 15.8 Å². The number of fused-ring (bicyclic) bond motifs is 3. The van der Waals surface area contributed by atoms with Gasteiger partial charge in [0.15, 0.2) is 0 Å². The summed E-state index contributed by atoms with van der Waals surface area (Å²) in [6, 6.07) is 27.9. The molecule has 5 aromatic rings. The van der Waals surface area contributed by atoms with Gasteiger partial charge in [0, 0.05) is 16.3 Å². The minimum atomic E-state index is 0.754. The zero-order chi connectivity index (χ0) is 19.3. The van der Waals surface area contributed by atoms with Crippen LogP contribution in [-0.4, -0.2) is 4.98 Å². The number of rotatable bonds is 2. The highest BCUT2D eigenvalue weighted by Gasteiger charge is 2.12. The highest BCUT2D eigenvalue weighted by atomic mass is 35.5. The van der Waals surface area contributed by atoms with Crippen molar-refractivity contribution in [2.75, 3.05) is 0 Å². The maximum absolute atomic E-state index is 6.69. The van der Waals surface area contributed by atoms with Gasteiger partial charge in [0.25, 0.3) is 0 Å². The lowest BCUT2D eigenvalue weighted by atomic mass is 9.97. The molecule has 1 heterocycles. The van der Waals surface area contributed by atoms with Crippen LogP contribution in [0, 0.1) is 13.8 Å². The minimum absolute atomic E-state index is 0.754. The van der Waals surface area contributed by atoms with E-state index in [-0.39, 0.29) is 0 Å². The number of halogens is 1. The predicted molar refractivity (Wildman–Crippen MR) is 121 cm³/mol. The first-order chi connectivity index (χ1) is 13.6. The fourth-order valence-corrected chi connectivity index (χ4v) is 4.34. The number of aryl methyl sites for hydroxylation is 2. The van der Waals surface area contributed by atoms with Gasteiger partial charge in [-0.25, -0.2) is 0 Å². The Hall–Kier alpha value is -3.03. The van der Waals surface area contributed by atoms with Crippen molar-refractivity contribution in [3.8, 4) is 22.3 Å². The van der Waals surface area contributed by atoms with Crippen molar-refractivity contribution in [2.45, 2.75) is 13.8 Å². The van der Waals surface area contributed by atoms with Crippen LogP contribution in [-0.2, 0) is 0 Å². The number of H-pyrrole nitrogens is 1. The van der Waals surface area contributed by atoms with Crippen molar-refractivity contribution in [3.63, 3.8) is 0 Å². The molecule has 0 atom stereocenters. The second kappa shape index (κ2) is 6.54. The average molecular weight is 382 g/mol. The third-order valence-corrected chi connectivity index (χ3v) is 5.87. The van der Waals surface area contributed by atoms with Crippen LogP contribution in [0.3, 0.4) is 0 Å². The molecule has 0 radical (unpaired) electrons. The Morgan fingerprint density at radius 3 is 1.93 bits per heavy atom. The first-order valence-corrected chi connectivity index (χ1v) is 9.86. The van der Waals surface area contributed by atoms with Crippen molar-refractivity contribution < 1.29 is 0 Å². The molecule has 2 heteroatoms. The molecular formula is C26H20ClN. The number of benzene rings is 4. The summed E-state index contributed by atoms with van der Waals surface area (Å²) in [5, 5.41) is 3.12. The predicted octanol–water partition coefficient (Wildman–Crippen LogP) is 7.93. The largest absolute Gasteiger partial charge is 0.353 e. The van der Waals surface area contributed by atoms with Gasteiger partial charge >= 0.3 is 0 Å². The molecule has 0 bridgehead atoms. The van der Waals surface area contributed by atoms with Crippen LogP contribution in [0.5, 0.6) is 0 Å². The summed E-state index contributed by atoms with van der Waals surface area (Å²) >= 11 is 6.69. The van der Waals surface area contributed by atoms with Crippen LogP contribution in [0.1, 0.15) is 11.1 Å². The SMILES string of the molecule is Cc1ccccc1-c1ccc2[nH]c3c(Cl)cc(-c4ccccc4C)cc3c2c1. The van der Waals surface area contributed by atoms with E-state index in [2.05, 4.69) is 97.7 Å². The zero-order valence-electron chi connectivity index (χ0n) is 15.9. The summed E-state index contributed by atoms with van der Waals surface area (Å²) in [7, 11) is 0. The van der Waals surface area contributed by atoms with Crippen LogP contribution < -0.4 is 0 Å². The van der Waals surface area contributed by atoms with E-state index in [0.717, 1.165) is 27.0 Å². The van der Waals surface area contributed by atoms with Gasteiger partial charge in [-0.05, 0) is 71.5 Å². The van der Waals surface area contributed by atoms with Crippen LogP contribution in [0.2, 0.25) is 5.02 Å². The number of nitrogens with one attached hydrogen (secondary N) is 1. The standard InChI is InChI=1S/C26H20ClN/c1-16-7-3-5-9-20(16)18-11-12-25-22(13-18)23-14-19(15-24(27)26(23)28-25)21-10-6-4-8-17(21)2/h3-15,28H,1-2H3. The summed E-state index contributed by atoms with van der Waals surface area (Å²) < 4.78 is 0. The maximum Gasteiger partial charge on any atom is 0.0654 e. The lowest BCUT2D eigenvalue weighted by Gasteiger charge is -2.08. The Bertz CT molecular complexity index is 1340. The van der Waals surface area contributed by atoms with Gasteiger partial charge < -0.3 is 4.98 Å². The van der Waals surface area contributed by atoms with Crippen molar-refractivity contribution in [2.24, 2.45) is 0 Å². The summed E-state index contributed by atoms with van der Waals surface area (Å²) in [4.78, 5) is 3.50. The Morgan fingerprint density at radius 2 is 1.25 bits per heavy atom. The van der Waals surface area contributed by atoms with Crippen molar-refractivity contribution in [3.05, 3.63) is 95.0 Å². The molecule has 28 heavy (non-hydrogen) atoms. The highest BCUT2D eigenvalue weighted by Crippen LogP contribution is 2.37. The molecule has 0 aliphatic carbocycles. The second-order valence-electron chi connectivity index (χ2n) is 7.40. The van der Waals surface area contributed by atoms with Gasteiger partial charge in [-0.1, -0.05) is 66.2 Å². The van der Waals surface area contributed by atoms with Gasteiger partial charge in [-0.3, -0.25) is 0 Å².